The van der Waals surface area contributed by atoms with Gasteiger partial charge in [-0.2, -0.15) is 0 Å². The molecule has 4 N–H and O–H groups in total. The summed E-state index contributed by atoms with van der Waals surface area (Å²) in [6.07, 6.45) is -0.739. The van der Waals surface area contributed by atoms with Gasteiger partial charge in [0.2, 0.25) is 0 Å². The number of nitrogens with one attached hydrogen (secondary N) is 1. The first-order valence-electron chi connectivity index (χ1n) is 8.24. The van der Waals surface area contributed by atoms with Crippen molar-refractivity contribution in [3.8, 4) is 11.1 Å². The van der Waals surface area contributed by atoms with Gasteiger partial charge in [-0.1, -0.05) is 48.5 Å². The number of amides is 1. The molecule has 1 amide bonds. The van der Waals surface area contributed by atoms with Crippen LogP contribution in [0.25, 0.3) is 11.1 Å². The standard InChI is InChI=1S/C19H20N2O4S.ClH/c20-11-26-10-17(18(22)23)21-19(24)25-9-16-14-7-3-1-5-12(14)13-6-2-4-8-15(13)16;/h1-8,16-17H,9-11,20H2,(H,21,24)(H,22,23);1H/t17-;/m0./s1. The molecule has 2 aromatic rings. The van der Waals surface area contributed by atoms with Crippen LogP contribution in [0.2, 0.25) is 0 Å². The van der Waals surface area contributed by atoms with E-state index in [-0.39, 0.29) is 36.6 Å². The van der Waals surface area contributed by atoms with Crippen molar-refractivity contribution in [2.45, 2.75) is 12.0 Å². The quantitative estimate of drug-likeness (QED) is 0.608. The fraction of sp³-hybridized carbons (Fsp3) is 0.263. The summed E-state index contributed by atoms with van der Waals surface area (Å²) in [5, 5.41) is 11.6. The maximum atomic E-state index is 12.1. The lowest BCUT2D eigenvalue weighted by atomic mass is 9.98. The van der Waals surface area contributed by atoms with E-state index < -0.39 is 18.1 Å². The maximum absolute atomic E-state index is 12.1. The number of hydrogen-bond donors (Lipinski definition) is 3. The third kappa shape index (κ3) is 4.74. The minimum Gasteiger partial charge on any atom is -0.480 e. The Morgan fingerprint density at radius 2 is 1.67 bits per heavy atom. The number of carboxylic acid groups (broad SMARTS) is 1. The first-order chi connectivity index (χ1) is 12.6. The molecule has 6 nitrogen and oxygen atoms in total. The number of alkyl carbamates (subject to hydrolysis) is 1. The summed E-state index contributed by atoms with van der Waals surface area (Å²) < 4.78 is 5.35. The Morgan fingerprint density at radius 1 is 1.11 bits per heavy atom. The van der Waals surface area contributed by atoms with Crippen LogP contribution in [0, 0.1) is 0 Å². The van der Waals surface area contributed by atoms with E-state index in [0.717, 1.165) is 22.3 Å². The van der Waals surface area contributed by atoms with Crippen LogP contribution in [-0.2, 0) is 9.53 Å². The second-order valence-corrected chi connectivity index (χ2v) is 6.97. The molecule has 0 saturated carbocycles. The lowest BCUT2D eigenvalue weighted by Gasteiger charge is -2.17. The van der Waals surface area contributed by atoms with Crippen molar-refractivity contribution in [2.24, 2.45) is 5.73 Å². The molecule has 0 saturated heterocycles. The number of fused-ring (bicyclic) bond motifs is 3. The number of halogens is 1. The zero-order chi connectivity index (χ0) is 18.5. The smallest absolute Gasteiger partial charge is 0.407 e. The average molecular weight is 409 g/mol. The number of rotatable bonds is 7. The molecule has 1 aliphatic rings. The van der Waals surface area contributed by atoms with Gasteiger partial charge in [-0.15, -0.1) is 24.2 Å². The van der Waals surface area contributed by atoms with Gasteiger partial charge in [0.25, 0.3) is 0 Å². The minimum absolute atomic E-state index is 0. The summed E-state index contributed by atoms with van der Waals surface area (Å²) >= 11 is 1.24. The molecule has 1 aliphatic carbocycles. The fourth-order valence-electron chi connectivity index (χ4n) is 3.14. The molecular weight excluding hydrogens is 388 g/mol. The summed E-state index contributed by atoms with van der Waals surface area (Å²) in [7, 11) is 0. The Kier molecular flexibility index (Phi) is 7.53. The van der Waals surface area contributed by atoms with Crippen molar-refractivity contribution >= 4 is 36.2 Å². The van der Waals surface area contributed by atoms with Gasteiger partial charge >= 0.3 is 12.1 Å². The van der Waals surface area contributed by atoms with Crippen LogP contribution in [0.5, 0.6) is 0 Å². The van der Waals surface area contributed by atoms with Crippen molar-refractivity contribution < 1.29 is 19.4 Å². The highest BCUT2D eigenvalue weighted by Crippen LogP contribution is 2.44. The predicted octanol–water partition coefficient (Wildman–Crippen LogP) is 3.05. The van der Waals surface area contributed by atoms with E-state index >= 15 is 0 Å². The maximum Gasteiger partial charge on any atom is 0.407 e. The van der Waals surface area contributed by atoms with E-state index in [1.807, 2.05) is 36.4 Å². The highest BCUT2D eigenvalue weighted by Gasteiger charge is 2.29. The first-order valence-corrected chi connectivity index (χ1v) is 9.39. The Morgan fingerprint density at radius 3 is 2.19 bits per heavy atom. The van der Waals surface area contributed by atoms with Gasteiger partial charge in [-0.3, -0.25) is 0 Å². The normalized spacial score (nSPS) is 13.1. The van der Waals surface area contributed by atoms with E-state index in [9.17, 15) is 9.59 Å². The van der Waals surface area contributed by atoms with Crippen LogP contribution >= 0.6 is 24.2 Å². The topological polar surface area (TPSA) is 102 Å². The summed E-state index contributed by atoms with van der Waals surface area (Å²) in [5.74, 6) is -0.694. The summed E-state index contributed by atoms with van der Waals surface area (Å²) in [6.45, 7) is 0.149. The average Bonchev–Trinajstić information content (AvgIpc) is 2.97. The molecule has 0 unspecified atom stereocenters. The number of nitrogens with two attached hydrogens (primary N) is 1. The number of ether oxygens (including phenoxy) is 1. The molecule has 0 radical (unpaired) electrons. The SMILES string of the molecule is Cl.NCSC[C@H](NC(=O)OCC1c2ccccc2-c2ccccc21)C(=O)O. The molecule has 1 atom stereocenters. The van der Waals surface area contributed by atoms with Crippen LogP contribution in [0.15, 0.2) is 48.5 Å². The van der Waals surface area contributed by atoms with Crippen molar-refractivity contribution in [3.63, 3.8) is 0 Å². The van der Waals surface area contributed by atoms with Gasteiger partial charge in [0.05, 0.1) is 0 Å². The molecule has 144 valence electrons. The van der Waals surface area contributed by atoms with Crippen molar-refractivity contribution in [1.82, 2.24) is 5.32 Å². The third-order valence-electron chi connectivity index (χ3n) is 4.34. The number of carboxylic acids is 1. The zero-order valence-electron chi connectivity index (χ0n) is 14.5. The predicted molar refractivity (Wildman–Crippen MR) is 108 cm³/mol. The summed E-state index contributed by atoms with van der Waals surface area (Å²) in [6, 6.07) is 15.0. The number of carbonyl (C=O) groups is 2. The fourth-order valence-corrected chi connectivity index (χ4v) is 3.74. The summed E-state index contributed by atoms with van der Waals surface area (Å²) in [4.78, 5) is 23.3. The summed E-state index contributed by atoms with van der Waals surface area (Å²) in [5.41, 5.74) is 9.86. The molecule has 0 aliphatic heterocycles. The molecule has 0 bridgehead atoms. The molecular formula is C19H21ClN2O4S. The second-order valence-electron chi connectivity index (χ2n) is 5.90. The highest BCUT2D eigenvalue weighted by atomic mass is 35.5. The highest BCUT2D eigenvalue weighted by molar-refractivity contribution is 7.99. The molecule has 0 aromatic heterocycles. The first kappa shape index (κ1) is 21.1. The van der Waals surface area contributed by atoms with E-state index in [2.05, 4.69) is 17.4 Å². The van der Waals surface area contributed by atoms with E-state index in [1.165, 1.54) is 11.8 Å². The molecule has 8 heteroatoms. The Hall–Kier alpha value is -2.22. The monoisotopic (exact) mass is 408 g/mol. The van der Waals surface area contributed by atoms with Gasteiger partial charge < -0.3 is 20.9 Å². The third-order valence-corrected chi connectivity index (χ3v) is 5.14. The lowest BCUT2D eigenvalue weighted by molar-refractivity contribution is -0.138. The molecule has 3 rings (SSSR count). The molecule has 2 aromatic carbocycles. The van der Waals surface area contributed by atoms with Gasteiger partial charge in [-0.25, -0.2) is 9.59 Å². The Labute approximate surface area is 167 Å². The Bertz CT molecular complexity index is 772. The van der Waals surface area contributed by atoms with Crippen LogP contribution in [0.4, 0.5) is 4.79 Å². The number of aliphatic carboxylic acids is 1. The van der Waals surface area contributed by atoms with Crippen molar-refractivity contribution in [1.29, 1.82) is 0 Å². The van der Waals surface area contributed by atoms with E-state index in [1.54, 1.807) is 0 Å². The van der Waals surface area contributed by atoms with Gasteiger partial charge in [0.15, 0.2) is 0 Å². The van der Waals surface area contributed by atoms with Crippen LogP contribution in [0.1, 0.15) is 17.0 Å². The molecule has 27 heavy (non-hydrogen) atoms. The molecule has 0 heterocycles. The largest absolute Gasteiger partial charge is 0.480 e. The number of benzene rings is 2. The minimum atomic E-state index is -1.11. The van der Waals surface area contributed by atoms with Crippen molar-refractivity contribution in [2.75, 3.05) is 18.2 Å². The van der Waals surface area contributed by atoms with Gasteiger partial charge in [0.1, 0.15) is 12.6 Å². The number of carbonyl (C=O) groups excluding carboxylic acids is 1. The Balaban J connectivity index is 0.00000261. The second kappa shape index (κ2) is 9.64. The van der Waals surface area contributed by atoms with E-state index in [4.69, 9.17) is 15.6 Å². The van der Waals surface area contributed by atoms with Gasteiger partial charge in [-0.05, 0) is 22.3 Å². The van der Waals surface area contributed by atoms with E-state index in [0.29, 0.717) is 0 Å². The van der Waals surface area contributed by atoms with Gasteiger partial charge in [0, 0.05) is 17.5 Å². The number of thioether (sulfide) groups is 1. The van der Waals surface area contributed by atoms with Crippen LogP contribution in [0.3, 0.4) is 0 Å². The van der Waals surface area contributed by atoms with Crippen LogP contribution < -0.4 is 11.1 Å². The molecule has 0 spiro atoms. The zero-order valence-corrected chi connectivity index (χ0v) is 16.1. The lowest BCUT2D eigenvalue weighted by Crippen LogP contribution is -2.43. The van der Waals surface area contributed by atoms with Crippen molar-refractivity contribution in [3.05, 3.63) is 59.7 Å². The molecule has 0 fully saturated rings. The number of hydrogen-bond acceptors (Lipinski definition) is 5. The van der Waals surface area contributed by atoms with Crippen LogP contribution in [-0.4, -0.2) is 41.4 Å².